The van der Waals surface area contributed by atoms with E-state index in [9.17, 15) is 0 Å². The number of aromatic nitrogens is 1. The van der Waals surface area contributed by atoms with Crippen LogP contribution in [0, 0.1) is 0 Å². The molecule has 0 aromatic carbocycles. The first-order chi connectivity index (χ1) is 7.13. The van der Waals surface area contributed by atoms with Gasteiger partial charge in [-0.05, 0) is 28.9 Å². The minimum absolute atomic E-state index is 0.455. The van der Waals surface area contributed by atoms with Crippen LogP contribution in [0.25, 0.3) is 0 Å². The molecule has 0 saturated heterocycles. The number of hydrogen-bond acceptors (Lipinski definition) is 2. The van der Waals surface area contributed by atoms with E-state index in [0.717, 1.165) is 5.56 Å². The molecule has 0 aliphatic rings. The molecule has 1 N–H and O–H groups in total. The van der Waals surface area contributed by atoms with Crippen molar-refractivity contribution in [2.75, 3.05) is 0 Å². The molecular weight excluding hydrogens is 249 g/mol. The van der Waals surface area contributed by atoms with Crippen molar-refractivity contribution < 1.29 is 5.11 Å². The van der Waals surface area contributed by atoms with Crippen molar-refractivity contribution in [3.63, 3.8) is 0 Å². The SMILES string of the molecule is CC(O)c1cccnc1Br.[Li][CH2]CCC. The summed E-state index contributed by atoms with van der Waals surface area (Å²) in [5.41, 5.74) is 0.822. The molecule has 2 nitrogen and oxygen atoms in total. The maximum atomic E-state index is 9.13. The van der Waals surface area contributed by atoms with Crippen LogP contribution in [0.2, 0.25) is 5.09 Å². The van der Waals surface area contributed by atoms with Gasteiger partial charge in [-0.25, -0.2) is 4.98 Å². The van der Waals surface area contributed by atoms with Crippen LogP contribution in [0.3, 0.4) is 0 Å². The van der Waals surface area contributed by atoms with Gasteiger partial charge >= 0.3 is 42.6 Å². The number of rotatable bonds is 3. The zero-order chi connectivity index (χ0) is 11.7. The Labute approximate surface area is 110 Å². The summed E-state index contributed by atoms with van der Waals surface area (Å²) in [5.74, 6) is 0. The second kappa shape index (κ2) is 9.42. The number of halogens is 1. The summed E-state index contributed by atoms with van der Waals surface area (Å²) < 4.78 is 0.713. The van der Waals surface area contributed by atoms with Gasteiger partial charge in [0, 0.05) is 11.8 Å². The van der Waals surface area contributed by atoms with Crippen molar-refractivity contribution in [2.24, 2.45) is 0 Å². The van der Waals surface area contributed by atoms with Crippen molar-refractivity contribution in [1.29, 1.82) is 0 Å². The summed E-state index contributed by atoms with van der Waals surface area (Å²) in [4.78, 5) is 3.96. The van der Waals surface area contributed by atoms with E-state index in [1.54, 1.807) is 19.2 Å². The molecule has 0 saturated carbocycles. The van der Waals surface area contributed by atoms with E-state index in [1.165, 1.54) is 17.9 Å². The summed E-state index contributed by atoms with van der Waals surface area (Å²) in [6.07, 6.45) is 3.95. The fourth-order valence-electron chi connectivity index (χ4n) is 1.06. The van der Waals surface area contributed by atoms with Crippen molar-refractivity contribution in [2.45, 2.75) is 37.9 Å². The van der Waals surface area contributed by atoms with Crippen LogP contribution in [0.1, 0.15) is 38.4 Å². The normalized spacial score (nSPS) is 11.6. The molecule has 0 fully saturated rings. The van der Waals surface area contributed by atoms with E-state index >= 15 is 0 Å². The van der Waals surface area contributed by atoms with E-state index in [1.807, 2.05) is 6.07 Å². The fraction of sp³-hybridized carbons (Fsp3) is 0.545. The minimum atomic E-state index is -0.455. The van der Waals surface area contributed by atoms with Gasteiger partial charge in [-0.3, -0.25) is 0 Å². The number of aliphatic hydroxyl groups is 1. The molecule has 0 spiro atoms. The maximum absolute atomic E-state index is 9.13. The van der Waals surface area contributed by atoms with Crippen molar-refractivity contribution in [3.8, 4) is 0 Å². The standard InChI is InChI=1S/C7H8BrNO.C4H9.Li/c1-5(10)6-3-2-4-9-7(6)8;1-3-4-2;/h2-5,10H,1H3;1,3-4H2,2H3;. The molecule has 4 heteroatoms. The van der Waals surface area contributed by atoms with Gasteiger partial charge in [0.1, 0.15) is 4.60 Å². The van der Waals surface area contributed by atoms with Gasteiger partial charge < -0.3 is 5.11 Å². The van der Waals surface area contributed by atoms with Gasteiger partial charge in [0.15, 0.2) is 0 Å². The third-order valence-corrected chi connectivity index (χ3v) is 2.61. The molecule has 1 unspecified atom stereocenters. The number of nitrogens with zero attached hydrogens (tertiary/aromatic N) is 1. The Morgan fingerprint density at radius 1 is 1.60 bits per heavy atom. The number of unbranched alkanes of at least 4 members (excludes halogenated alkanes) is 1. The van der Waals surface area contributed by atoms with Crippen LogP contribution in [0.15, 0.2) is 22.9 Å². The van der Waals surface area contributed by atoms with Gasteiger partial charge in [0.05, 0.1) is 6.10 Å². The van der Waals surface area contributed by atoms with Crippen molar-refractivity contribution in [1.82, 2.24) is 4.98 Å². The van der Waals surface area contributed by atoms with Gasteiger partial charge in [0.25, 0.3) is 0 Å². The molecule has 0 aliphatic heterocycles. The molecule has 1 aromatic rings. The summed E-state index contributed by atoms with van der Waals surface area (Å²) in [6, 6.07) is 3.63. The molecule has 0 bridgehead atoms. The van der Waals surface area contributed by atoms with E-state index in [-0.39, 0.29) is 0 Å². The first-order valence-electron chi connectivity index (χ1n) is 5.41. The van der Waals surface area contributed by atoms with Crippen molar-refractivity contribution >= 4 is 33.6 Å². The number of hydrogen-bond donors (Lipinski definition) is 1. The second-order valence-electron chi connectivity index (χ2n) is 3.41. The average Bonchev–Trinajstić information content (AvgIpc) is 2.20. The van der Waals surface area contributed by atoms with Gasteiger partial charge in [-0.15, -0.1) is 0 Å². The summed E-state index contributed by atoms with van der Waals surface area (Å²) in [6.45, 7) is 3.92. The summed E-state index contributed by atoms with van der Waals surface area (Å²) in [5, 5.41) is 10.5. The molecule has 1 atom stereocenters. The first-order valence-corrected chi connectivity index (χ1v) is 6.21. The van der Waals surface area contributed by atoms with Crippen LogP contribution in [0.4, 0.5) is 0 Å². The Hall–Kier alpha value is 0.187. The Morgan fingerprint density at radius 3 is 2.53 bits per heavy atom. The summed E-state index contributed by atoms with van der Waals surface area (Å²) in [7, 11) is 0. The Morgan fingerprint density at radius 2 is 2.27 bits per heavy atom. The Kier molecular flexibility index (Phi) is 9.53. The second-order valence-corrected chi connectivity index (χ2v) is 4.16. The van der Waals surface area contributed by atoms with E-state index < -0.39 is 6.10 Å². The Balaban J connectivity index is 0.000000336. The predicted octanol–water partition coefficient (Wildman–Crippen LogP) is 3.27. The van der Waals surface area contributed by atoms with Gasteiger partial charge in [0.2, 0.25) is 0 Å². The molecular formula is C11H17BrLiNO. The van der Waals surface area contributed by atoms with Crippen LogP contribution in [-0.2, 0) is 0 Å². The molecule has 0 aliphatic carbocycles. The molecule has 0 amide bonds. The molecule has 15 heavy (non-hydrogen) atoms. The van der Waals surface area contributed by atoms with Gasteiger partial charge in [-0.1, -0.05) is 6.07 Å². The topological polar surface area (TPSA) is 33.1 Å². The van der Waals surface area contributed by atoms with Crippen LogP contribution >= 0.6 is 15.9 Å². The molecule has 1 rings (SSSR count). The quantitative estimate of drug-likeness (QED) is 0.672. The molecule has 0 radical (unpaired) electrons. The third kappa shape index (κ3) is 7.13. The number of aliphatic hydroxyl groups excluding tert-OH is 1. The number of pyridine rings is 1. The van der Waals surface area contributed by atoms with Gasteiger partial charge in [-0.2, -0.15) is 0 Å². The molecule has 1 aromatic heterocycles. The first kappa shape index (κ1) is 15.2. The fourth-order valence-corrected chi connectivity index (χ4v) is 1.65. The molecule has 1 heterocycles. The average molecular weight is 266 g/mol. The van der Waals surface area contributed by atoms with Crippen LogP contribution in [-0.4, -0.2) is 27.8 Å². The monoisotopic (exact) mass is 265 g/mol. The zero-order valence-corrected chi connectivity index (χ0v) is 11.3. The Bertz CT molecular complexity index is 267. The van der Waals surface area contributed by atoms with Crippen molar-refractivity contribution in [3.05, 3.63) is 28.5 Å². The van der Waals surface area contributed by atoms with Crippen LogP contribution in [0.5, 0.6) is 0 Å². The zero-order valence-electron chi connectivity index (χ0n) is 9.70. The summed E-state index contributed by atoms with van der Waals surface area (Å²) >= 11 is 5.44. The van der Waals surface area contributed by atoms with E-state index in [2.05, 4.69) is 45.6 Å². The van der Waals surface area contributed by atoms with E-state index in [0.29, 0.717) is 4.60 Å². The third-order valence-electron chi connectivity index (χ3n) is 1.95. The van der Waals surface area contributed by atoms with E-state index in [4.69, 9.17) is 5.11 Å². The van der Waals surface area contributed by atoms with Crippen LogP contribution < -0.4 is 0 Å². The predicted molar refractivity (Wildman–Crippen MR) is 68.0 cm³/mol. The molecule has 80 valence electrons.